The van der Waals surface area contributed by atoms with Crippen molar-refractivity contribution in [3.05, 3.63) is 64.8 Å². The summed E-state index contributed by atoms with van der Waals surface area (Å²) < 4.78 is 1.74. The molecule has 2 aromatic carbocycles. The summed E-state index contributed by atoms with van der Waals surface area (Å²) in [6.45, 7) is 6.11. The van der Waals surface area contributed by atoms with E-state index in [0.717, 1.165) is 28.8 Å². The number of benzene rings is 2. The van der Waals surface area contributed by atoms with Crippen molar-refractivity contribution in [2.24, 2.45) is 0 Å². The van der Waals surface area contributed by atoms with E-state index < -0.39 is 0 Å². The first-order valence-corrected chi connectivity index (χ1v) is 7.15. The Kier molecular flexibility index (Phi) is 3.59. The molecular formula is C18H17N3O. The number of carbonyl (C=O) groups excluding carboxylic acids is 1. The summed E-state index contributed by atoms with van der Waals surface area (Å²) in [7, 11) is 0. The number of aldehydes is 1. The van der Waals surface area contributed by atoms with Gasteiger partial charge >= 0.3 is 0 Å². The van der Waals surface area contributed by atoms with Crippen LogP contribution in [0.3, 0.4) is 0 Å². The lowest BCUT2D eigenvalue weighted by Crippen LogP contribution is -2.02. The fourth-order valence-electron chi connectivity index (χ4n) is 2.57. The van der Waals surface area contributed by atoms with Gasteiger partial charge in [0.05, 0.1) is 5.69 Å². The van der Waals surface area contributed by atoms with E-state index in [0.29, 0.717) is 5.69 Å². The second kappa shape index (κ2) is 5.56. The quantitative estimate of drug-likeness (QED) is 0.692. The second-order valence-electron chi connectivity index (χ2n) is 5.51. The van der Waals surface area contributed by atoms with E-state index in [1.54, 1.807) is 4.68 Å². The monoisotopic (exact) mass is 291 g/mol. The van der Waals surface area contributed by atoms with Crippen LogP contribution in [0.2, 0.25) is 0 Å². The van der Waals surface area contributed by atoms with Crippen molar-refractivity contribution in [3.63, 3.8) is 0 Å². The van der Waals surface area contributed by atoms with Crippen LogP contribution < -0.4 is 0 Å². The first-order valence-electron chi connectivity index (χ1n) is 7.15. The highest BCUT2D eigenvalue weighted by Gasteiger charge is 2.16. The number of nitrogens with zero attached hydrogens (tertiary/aromatic N) is 3. The van der Waals surface area contributed by atoms with Gasteiger partial charge in [0.25, 0.3) is 0 Å². The van der Waals surface area contributed by atoms with E-state index in [4.69, 9.17) is 0 Å². The van der Waals surface area contributed by atoms with Gasteiger partial charge in [-0.2, -0.15) is 0 Å². The molecule has 0 saturated carbocycles. The number of carbonyl (C=O) groups is 1. The lowest BCUT2D eigenvalue weighted by atomic mass is 10.1. The van der Waals surface area contributed by atoms with E-state index in [1.165, 1.54) is 11.1 Å². The minimum atomic E-state index is 0.351. The molecule has 3 rings (SSSR count). The van der Waals surface area contributed by atoms with Crippen molar-refractivity contribution in [3.8, 4) is 16.9 Å². The maximum atomic E-state index is 11.3. The SMILES string of the molecule is Cc1ccc(-c2c(C=O)nnn2-c2ccc(C)cc2C)cc1. The van der Waals surface area contributed by atoms with Crippen LogP contribution in [0.25, 0.3) is 16.9 Å². The molecule has 0 fully saturated rings. The Balaban J connectivity index is 2.23. The Hall–Kier alpha value is -2.75. The minimum absolute atomic E-state index is 0.351. The molecule has 0 aliphatic carbocycles. The maximum absolute atomic E-state index is 11.3. The summed E-state index contributed by atoms with van der Waals surface area (Å²) in [6, 6.07) is 14.1. The molecule has 3 aromatic rings. The molecule has 0 N–H and O–H groups in total. The molecule has 0 radical (unpaired) electrons. The van der Waals surface area contributed by atoms with E-state index >= 15 is 0 Å². The zero-order valence-corrected chi connectivity index (χ0v) is 12.9. The van der Waals surface area contributed by atoms with Gasteiger partial charge < -0.3 is 0 Å². The fraction of sp³-hybridized carbons (Fsp3) is 0.167. The highest BCUT2D eigenvalue weighted by atomic mass is 16.1. The topological polar surface area (TPSA) is 47.8 Å². The van der Waals surface area contributed by atoms with Crippen LogP contribution in [0.1, 0.15) is 27.2 Å². The highest BCUT2D eigenvalue weighted by Crippen LogP contribution is 2.26. The lowest BCUT2D eigenvalue weighted by Gasteiger charge is -2.10. The first-order chi connectivity index (χ1) is 10.6. The average molecular weight is 291 g/mol. The molecule has 4 heteroatoms. The van der Waals surface area contributed by atoms with Crippen molar-refractivity contribution in [2.45, 2.75) is 20.8 Å². The van der Waals surface area contributed by atoms with Crippen LogP contribution in [0.4, 0.5) is 0 Å². The van der Waals surface area contributed by atoms with Crippen LogP contribution >= 0.6 is 0 Å². The molecular weight excluding hydrogens is 274 g/mol. The third-order valence-electron chi connectivity index (χ3n) is 3.71. The minimum Gasteiger partial charge on any atom is -0.296 e. The van der Waals surface area contributed by atoms with Crippen LogP contribution in [-0.4, -0.2) is 21.3 Å². The molecule has 0 amide bonds. The fourth-order valence-corrected chi connectivity index (χ4v) is 2.57. The van der Waals surface area contributed by atoms with Crippen LogP contribution in [0.5, 0.6) is 0 Å². The number of aryl methyl sites for hydroxylation is 3. The Morgan fingerprint density at radius 3 is 2.27 bits per heavy atom. The average Bonchev–Trinajstić information content (AvgIpc) is 2.92. The molecule has 0 bridgehead atoms. The van der Waals surface area contributed by atoms with E-state index in [1.807, 2.05) is 50.2 Å². The summed E-state index contributed by atoms with van der Waals surface area (Å²) in [5.74, 6) is 0. The largest absolute Gasteiger partial charge is 0.296 e. The smallest absolute Gasteiger partial charge is 0.172 e. The predicted molar refractivity (Wildman–Crippen MR) is 86.4 cm³/mol. The molecule has 0 unspecified atom stereocenters. The van der Waals surface area contributed by atoms with E-state index in [-0.39, 0.29) is 0 Å². The van der Waals surface area contributed by atoms with Gasteiger partial charge in [-0.05, 0) is 32.4 Å². The molecule has 0 saturated heterocycles. The first kappa shape index (κ1) is 14.2. The van der Waals surface area contributed by atoms with Gasteiger partial charge in [0, 0.05) is 5.56 Å². The molecule has 0 spiro atoms. The summed E-state index contributed by atoms with van der Waals surface area (Å²) in [4.78, 5) is 11.3. The number of rotatable bonds is 3. The molecule has 4 nitrogen and oxygen atoms in total. The standard InChI is InChI=1S/C18H17N3O/c1-12-4-7-15(8-5-12)18-16(11-22)19-20-21(18)17-9-6-13(2)10-14(17)3/h4-11H,1-3H3. The Bertz CT molecular complexity index is 832. The van der Waals surface area contributed by atoms with Crippen LogP contribution in [-0.2, 0) is 0 Å². The molecule has 110 valence electrons. The predicted octanol–water partition coefficient (Wildman–Crippen LogP) is 3.67. The summed E-state index contributed by atoms with van der Waals surface area (Å²) in [5.41, 5.74) is 6.39. The van der Waals surface area contributed by atoms with Crippen LogP contribution in [0.15, 0.2) is 42.5 Å². The van der Waals surface area contributed by atoms with Crippen molar-refractivity contribution in [2.75, 3.05) is 0 Å². The van der Waals surface area contributed by atoms with E-state index in [2.05, 4.69) is 23.3 Å². The van der Waals surface area contributed by atoms with Crippen molar-refractivity contribution >= 4 is 6.29 Å². The Morgan fingerprint density at radius 2 is 1.64 bits per heavy atom. The Morgan fingerprint density at radius 1 is 0.955 bits per heavy atom. The van der Waals surface area contributed by atoms with Gasteiger partial charge in [-0.1, -0.05) is 52.7 Å². The van der Waals surface area contributed by atoms with Crippen molar-refractivity contribution < 1.29 is 4.79 Å². The van der Waals surface area contributed by atoms with Gasteiger partial charge in [0.1, 0.15) is 5.69 Å². The van der Waals surface area contributed by atoms with Gasteiger partial charge in [0.15, 0.2) is 12.0 Å². The summed E-state index contributed by atoms with van der Waals surface area (Å²) in [6.07, 6.45) is 0.752. The zero-order chi connectivity index (χ0) is 15.7. The normalized spacial score (nSPS) is 10.7. The number of hydrogen-bond donors (Lipinski definition) is 0. The molecule has 1 heterocycles. The molecule has 22 heavy (non-hydrogen) atoms. The third-order valence-corrected chi connectivity index (χ3v) is 3.71. The number of hydrogen-bond acceptors (Lipinski definition) is 3. The van der Waals surface area contributed by atoms with Gasteiger partial charge in [-0.3, -0.25) is 4.79 Å². The van der Waals surface area contributed by atoms with Crippen molar-refractivity contribution in [1.82, 2.24) is 15.0 Å². The van der Waals surface area contributed by atoms with Crippen LogP contribution in [0, 0.1) is 20.8 Å². The van der Waals surface area contributed by atoms with Gasteiger partial charge in [-0.15, -0.1) is 5.10 Å². The van der Waals surface area contributed by atoms with E-state index in [9.17, 15) is 4.79 Å². The summed E-state index contributed by atoms with van der Waals surface area (Å²) >= 11 is 0. The zero-order valence-electron chi connectivity index (χ0n) is 12.9. The third kappa shape index (κ3) is 2.44. The number of aromatic nitrogens is 3. The molecule has 0 atom stereocenters. The lowest BCUT2D eigenvalue weighted by molar-refractivity contribution is 0.111. The van der Waals surface area contributed by atoms with Gasteiger partial charge in [0.2, 0.25) is 0 Å². The Labute approximate surface area is 129 Å². The maximum Gasteiger partial charge on any atom is 0.172 e. The molecule has 1 aromatic heterocycles. The highest BCUT2D eigenvalue weighted by molar-refractivity contribution is 5.84. The summed E-state index contributed by atoms with van der Waals surface area (Å²) in [5, 5.41) is 8.20. The van der Waals surface area contributed by atoms with Crippen molar-refractivity contribution in [1.29, 1.82) is 0 Å². The second-order valence-corrected chi connectivity index (χ2v) is 5.51. The molecule has 0 aliphatic heterocycles. The van der Waals surface area contributed by atoms with Gasteiger partial charge in [-0.25, -0.2) is 4.68 Å². The molecule has 0 aliphatic rings.